The van der Waals surface area contributed by atoms with E-state index in [4.69, 9.17) is 11.0 Å². The molecule has 0 radical (unpaired) electrons. The minimum absolute atomic E-state index is 0.258. The molecular formula is C15H16N4. The third-order valence-electron chi connectivity index (χ3n) is 3.07. The molecular weight excluding hydrogens is 236 g/mol. The number of nitriles is 1. The van der Waals surface area contributed by atoms with Crippen molar-refractivity contribution in [3.8, 4) is 6.07 Å². The predicted molar refractivity (Wildman–Crippen MR) is 77.3 cm³/mol. The molecule has 2 rings (SSSR count). The number of nitrogens with two attached hydrogens (primary N) is 1. The van der Waals surface area contributed by atoms with Crippen molar-refractivity contribution in [2.24, 2.45) is 0 Å². The van der Waals surface area contributed by atoms with E-state index < -0.39 is 0 Å². The lowest BCUT2D eigenvalue weighted by atomic mass is 10.1. The van der Waals surface area contributed by atoms with E-state index in [-0.39, 0.29) is 5.69 Å². The third-order valence-corrected chi connectivity index (χ3v) is 3.07. The molecule has 1 aromatic heterocycles. The van der Waals surface area contributed by atoms with Crippen LogP contribution in [0.2, 0.25) is 0 Å². The molecule has 1 heterocycles. The molecule has 0 aliphatic carbocycles. The van der Waals surface area contributed by atoms with E-state index in [1.807, 2.05) is 24.1 Å². The summed E-state index contributed by atoms with van der Waals surface area (Å²) in [6.07, 6.45) is 0. The van der Waals surface area contributed by atoms with E-state index in [0.717, 1.165) is 5.69 Å². The summed E-state index contributed by atoms with van der Waals surface area (Å²) in [7, 11) is 1.93. The Labute approximate surface area is 113 Å². The van der Waals surface area contributed by atoms with Gasteiger partial charge in [0.05, 0.1) is 5.69 Å². The third kappa shape index (κ3) is 2.50. The molecule has 0 aliphatic rings. The molecule has 0 fully saturated rings. The van der Waals surface area contributed by atoms with Crippen LogP contribution >= 0.6 is 0 Å². The Bertz CT molecular complexity index is 656. The maximum Gasteiger partial charge on any atom is 0.165 e. The minimum atomic E-state index is 0.258. The van der Waals surface area contributed by atoms with Crippen LogP contribution in [-0.2, 0) is 0 Å². The molecule has 0 spiro atoms. The zero-order chi connectivity index (χ0) is 14.0. The average molecular weight is 252 g/mol. The highest BCUT2D eigenvalue weighted by Gasteiger charge is 2.10. The van der Waals surface area contributed by atoms with Gasteiger partial charge in [-0.1, -0.05) is 17.7 Å². The number of anilines is 3. The zero-order valence-electron chi connectivity index (χ0n) is 11.3. The van der Waals surface area contributed by atoms with Crippen molar-refractivity contribution in [3.05, 3.63) is 47.2 Å². The van der Waals surface area contributed by atoms with Crippen LogP contribution in [0.15, 0.2) is 30.3 Å². The first kappa shape index (κ1) is 12.9. The monoisotopic (exact) mass is 252 g/mol. The average Bonchev–Trinajstić information content (AvgIpc) is 2.38. The van der Waals surface area contributed by atoms with Crippen LogP contribution in [0.3, 0.4) is 0 Å². The summed E-state index contributed by atoms with van der Waals surface area (Å²) in [5.74, 6) is 0.706. The molecule has 4 heteroatoms. The first-order chi connectivity index (χ1) is 9.02. The molecule has 0 amide bonds. The number of hydrogen-bond donors (Lipinski definition) is 1. The molecule has 0 unspecified atom stereocenters. The Kier molecular flexibility index (Phi) is 3.39. The fourth-order valence-corrected chi connectivity index (χ4v) is 2.04. The number of aromatic nitrogens is 1. The zero-order valence-corrected chi connectivity index (χ0v) is 11.3. The number of benzene rings is 1. The van der Waals surface area contributed by atoms with Gasteiger partial charge in [0.15, 0.2) is 5.69 Å². The Hall–Kier alpha value is -2.54. The number of nitrogen functional groups attached to an aromatic ring is 1. The first-order valence-electron chi connectivity index (χ1n) is 6.00. The molecule has 0 saturated heterocycles. The van der Waals surface area contributed by atoms with Gasteiger partial charge in [-0.2, -0.15) is 5.26 Å². The Balaban J connectivity index is 2.44. The number of hydrogen-bond acceptors (Lipinski definition) is 4. The highest BCUT2D eigenvalue weighted by atomic mass is 15.2. The lowest BCUT2D eigenvalue weighted by molar-refractivity contribution is 1.10. The van der Waals surface area contributed by atoms with Crippen molar-refractivity contribution in [1.29, 1.82) is 5.26 Å². The normalized spacial score (nSPS) is 10.0. The summed E-state index contributed by atoms with van der Waals surface area (Å²) in [6.45, 7) is 4.12. The van der Waals surface area contributed by atoms with E-state index >= 15 is 0 Å². The van der Waals surface area contributed by atoms with Crippen LogP contribution in [0.25, 0.3) is 0 Å². The van der Waals surface area contributed by atoms with E-state index in [1.165, 1.54) is 11.1 Å². The first-order valence-corrected chi connectivity index (χ1v) is 6.00. The lowest BCUT2D eigenvalue weighted by Gasteiger charge is -2.21. The summed E-state index contributed by atoms with van der Waals surface area (Å²) in [5, 5.41) is 8.98. The van der Waals surface area contributed by atoms with Gasteiger partial charge in [-0.05, 0) is 37.6 Å². The smallest absolute Gasteiger partial charge is 0.165 e. The summed E-state index contributed by atoms with van der Waals surface area (Å²) in [4.78, 5) is 6.22. The maximum absolute atomic E-state index is 8.98. The fraction of sp³-hybridized carbons (Fsp3) is 0.200. The van der Waals surface area contributed by atoms with Crippen molar-refractivity contribution in [1.82, 2.24) is 4.98 Å². The van der Waals surface area contributed by atoms with E-state index in [9.17, 15) is 0 Å². The largest absolute Gasteiger partial charge is 0.396 e. The van der Waals surface area contributed by atoms with Crippen LogP contribution in [0.1, 0.15) is 16.8 Å². The van der Waals surface area contributed by atoms with Crippen molar-refractivity contribution in [2.45, 2.75) is 13.8 Å². The Morgan fingerprint density at radius 2 is 1.95 bits per heavy atom. The second-order valence-corrected chi connectivity index (χ2v) is 4.57. The van der Waals surface area contributed by atoms with Crippen molar-refractivity contribution in [2.75, 3.05) is 17.7 Å². The highest BCUT2D eigenvalue weighted by molar-refractivity contribution is 5.65. The summed E-state index contributed by atoms with van der Waals surface area (Å²) >= 11 is 0. The van der Waals surface area contributed by atoms with Gasteiger partial charge >= 0.3 is 0 Å². The maximum atomic E-state index is 8.98. The Morgan fingerprint density at radius 3 is 2.58 bits per heavy atom. The summed E-state index contributed by atoms with van der Waals surface area (Å²) in [5.41, 5.74) is 9.79. The molecule has 2 N–H and O–H groups in total. The number of pyridine rings is 1. The topological polar surface area (TPSA) is 65.9 Å². The number of rotatable bonds is 2. The fourth-order valence-electron chi connectivity index (χ4n) is 2.04. The number of nitrogens with zero attached hydrogens (tertiary/aromatic N) is 3. The molecule has 0 aliphatic heterocycles. The van der Waals surface area contributed by atoms with Crippen LogP contribution in [0.4, 0.5) is 17.2 Å². The van der Waals surface area contributed by atoms with Gasteiger partial charge in [0, 0.05) is 12.7 Å². The van der Waals surface area contributed by atoms with Crippen molar-refractivity contribution in [3.63, 3.8) is 0 Å². The van der Waals surface area contributed by atoms with E-state index in [0.29, 0.717) is 11.5 Å². The van der Waals surface area contributed by atoms with Gasteiger partial charge in [0.25, 0.3) is 0 Å². The molecule has 4 nitrogen and oxygen atoms in total. The summed E-state index contributed by atoms with van der Waals surface area (Å²) < 4.78 is 0. The molecule has 19 heavy (non-hydrogen) atoms. The standard InChI is InChI=1S/C15H16N4/c1-10-4-6-14(11(2)8-10)19(3)15-7-5-12(17)13(9-16)18-15/h4-8H,17H2,1-3H3. The lowest BCUT2D eigenvalue weighted by Crippen LogP contribution is -2.13. The van der Waals surface area contributed by atoms with Gasteiger partial charge in [-0.25, -0.2) is 4.98 Å². The molecule has 0 atom stereocenters. The van der Waals surface area contributed by atoms with E-state index in [1.54, 1.807) is 6.07 Å². The van der Waals surface area contributed by atoms with Gasteiger partial charge in [0.1, 0.15) is 11.9 Å². The van der Waals surface area contributed by atoms with E-state index in [2.05, 4.69) is 37.0 Å². The van der Waals surface area contributed by atoms with Gasteiger partial charge in [-0.15, -0.1) is 0 Å². The van der Waals surface area contributed by atoms with Crippen LogP contribution < -0.4 is 10.6 Å². The van der Waals surface area contributed by atoms with Gasteiger partial charge in [-0.3, -0.25) is 0 Å². The van der Waals surface area contributed by atoms with Gasteiger partial charge < -0.3 is 10.6 Å². The minimum Gasteiger partial charge on any atom is -0.396 e. The molecule has 2 aromatic rings. The molecule has 96 valence electrons. The molecule has 1 aromatic carbocycles. The summed E-state index contributed by atoms with van der Waals surface area (Å²) in [6, 6.07) is 11.8. The number of aryl methyl sites for hydroxylation is 2. The SMILES string of the molecule is Cc1ccc(N(C)c2ccc(N)c(C#N)n2)c(C)c1. The Morgan fingerprint density at radius 1 is 1.21 bits per heavy atom. The van der Waals surface area contributed by atoms with Crippen LogP contribution in [-0.4, -0.2) is 12.0 Å². The van der Waals surface area contributed by atoms with Crippen LogP contribution in [0.5, 0.6) is 0 Å². The van der Waals surface area contributed by atoms with Crippen molar-refractivity contribution >= 4 is 17.2 Å². The second kappa shape index (κ2) is 4.99. The quantitative estimate of drug-likeness (QED) is 0.892. The molecule has 0 bridgehead atoms. The predicted octanol–water partition coefficient (Wildman–Crippen LogP) is 2.92. The van der Waals surface area contributed by atoms with Crippen molar-refractivity contribution < 1.29 is 0 Å². The second-order valence-electron chi connectivity index (χ2n) is 4.57. The highest BCUT2D eigenvalue weighted by Crippen LogP contribution is 2.27. The van der Waals surface area contributed by atoms with Crippen LogP contribution in [0, 0.1) is 25.2 Å². The van der Waals surface area contributed by atoms with Gasteiger partial charge in [0.2, 0.25) is 0 Å². The molecule has 0 saturated carbocycles.